The Bertz CT molecular complexity index is 632. The highest BCUT2D eigenvalue weighted by atomic mass is 79.9. The molecule has 0 fully saturated rings. The van der Waals surface area contributed by atoms with E-state index in [0.29, 0.717) is 26.6 Å². The minimum absolute atomic E-state index is 0.0375. The van der Waals surface area contributed by atoms with Crippen molar-refractivity contribution in [3.05, 3.63) is 57.5 Å². The molecule has 6 heteroatoms. The van der Waals surface area contributed by atoms with Gasteiger partial charge in [-0.15, -0.1) is 0 Å². The SMILES string of the molecule is N/C(=N/O)c1c(Br)cccc1Oc1cccc(Cl)c1. The molecule has 19 heavy (non-hydrogen) atoms. The van der Waals surface area contributed by atoms with Gasteiger partial charge < -0.3 is 15.7 Å². The predicted octanol–water partition coefficient (Wildman–Crippen LogP) is 3.99. The fourth-order valence-electron chi connectivity index (χ4n) is 1.55. The van der Waals surface area contributed by atoms with Crippen LogP contribution in [-0.2, 0) is 0 Å². The third-order valence-electron chi connectivity index (χ3n) is 2.36. The number of hydrogen-bond donors (Lipinski definition) is 2. The van der Waals surface area contributed by atoms with Gasteiger partial charge in [-0.05, 0) is 46.3 Å². The zero-order chi connectivity index (χ0) is 13.8. The van der Waals surface area contributed by atoms with E-state index in [1.54, 1.807) is 42.5 Å². The van der Waals surface area contributed by atoms with Crippen LogP contribution in [0.4, 0.5) is 0 Å². The van der Waals surface area contributed by atoms with E-state index < -0.39 is 0 Å². The summed E-state index contributed by atoms with van der Waals surface area (Å²) in [6, 6.07) is 12.3. The molecule has 0 saturated carbocycles. The van der Waals surface area contributed by atoms with E-state index in [0.717, 1.165) is 0 Å². The largest absolute Gasteiger partial charge is 0.457 e. The smallest absolute Gasteiger partial charge is 0.175 e. The van der Waals surface area contributed by atoms with Gasteiger partial charge in [0.05, 0.1) is 5.56 Å². The van der Waals surface area contributed by atoms with E-state index in [1.165, 1.54) is 0 Å². The zero-order valence-electron chi connectivity index (χ0n) is 9.68. The molecule has 0 saturated heterocycles. The van der Waals surface area contributed by atoms with E-state index in [1.807, 2.05) is 0 Å². The lowest BCUT2D eigenvalue weighted by atomic mass is 10.2. The molecule has 2 aromatic rings. The average molecular weight is 342 g/mol. The van der Waals surface area contributed by atoms with Crippen LogP contribution in [0.15, 0.2) is 52.1 Å². The summed E-state index contributed by atoms with van der Waals surface area (Å²) in [4.78, 5) is 0. The topological polar surface area (TPSA) is 67.8 Å². The van der Waals surface area contributed by atoms with E-state index in [2.05, 4.69) is 21.1 Å². The number of ether oxygens (including phenoxy) is 1. The van der Waals surface area contributed by atoms with Gasteiger partial charge in [-0.25, -0.2) is 0 Å². The van der Waals surface area contributed by atoms with Gasteiger partial charge in [0.15, 0.2) is 5.84 Å². The molecular formula is C13H10BrClN2O2. The number of amidine groups is 1. The first-order chi connectivity index (χ1) is 9.11. The Morgan fingerprint density at radius 1 is 1.26 bits per heavy atom. The van der Waals surface area contributed by atoms with Gasteiger partial charge in [-0.1, -0.05) is 28.9 Å². The first-order valence-corrected chi connectivity index (χ1v) is 6.48. The molecule has 0 aliphatic carbocycles. The maximum atomic E-state index is 8.81. The van der Waals surface area contributed by atoms with Crippen LogP contribution < -0.4 is 10.5 Å². The lowest BCUT2D eigenvalue weighted by Crippen LogP contribution is -2.15. The third kappa shape index (κ3) is 3.19. The molecule has 0 amide bonds. The van der Waals surface area contributed by atoms with Gasteiger partial charge in [-0.3, -0.25) is 0 Å². The van der Waals surface area contributed by atoms with Gasteiger partial charge in [0, 0.05) is 9.50 Å². The summed E-state index contributed by atoms with van der Waals surface area (Å²) in [6.45, 7) is 0. The molecule has 0 radical (unpaired) electrons. The minimum Gasteiger partial charge on any atom is -0.457 e. The fourth-order valence-corrected chi connectivity index (χ4v) is 2.28. The zero-order valence-corrected chi connectivity index (χ0v) is 12.0. The van der Waals surface area contributed by atoms with Crippen molar-refractivity contribution in [1.29, 1.82) is 0 Å². The first kappa shape index (κ1) is 13.7. The van der Waals surface area contributed by atoms with E-state index in [9.17, 15) is 0 Å². The highest BCUT2D eigenvalue weighted by Gasteiger charge is 2.13. The highest BCUT2D eigenvalue weighted by Crippen LogP contribution is 2.31. The molecule has 2 aromatic carbocycles. The summed E-state index contributed by atoms with van der Waals surface area (Å²) in [5, 5.41) is 12.4. The Morgan fingerprint density at radius 2 is 2.00 bits per heavy atom. The van der Waals surface area contributed by atoms with Crippen LogP contribution in [0.1, 0.15) is 5.56 Å². The molecule has 4 nitrogen and oxygen atoms in total. The standard InChI is InChI=1S/C13H10BrClN2O2/c14-10-5-2-6-11(12(10)13(16)17-18)19-9-4-1-3-8(15)7-9/h1-7,18H,(H2,16,17). The van der Waals surface area contributed by atoms with E-state index in [4.69, 9.17) is 27.3 Å². The van der Waals surface area contributed by atoms with Crippen LogP contribution in [0.25, 0.3) is 0 Å². The summed E-state index contributed by atoms with van der Waals surface area (Å²) in [6.07, 6.45) is 0. The minimum atomic E-state index is -0.0375. The summed E-state index contributed by atoms with van der Waals surface area (Å²) in [5.74, 6) is 0.994. The second kappa shape index (κ2) is 5.95. The second-order valence-electron chi connectivity index (χ2n) is 3.66. The van der Waals surface area contributed by atoms with Crippen LogP contribution in [-0.4, -0.2) is 11.0 Å². The fraction of sp³-hybridized carbons (Fsp3) is 0. The summed E-state index contributed by atoms with van der Waals surface area (Å²) >= 11 is 9.23. The number of benzene rings is 2. The van der Waals surface area contributed by atoms with Gasteiger partial charge in [-0.2, -0.15) is 0 Å². The second-order valence-corrected chi connectivity index (χ2v) is 4.95. The van der Waals surface area contributed by atoms with Crippen LogP contribution in [0, 0.1) is 0 Å². The quantitative estimate of drug-likeness (QED) is 0.384. The van der Waals surface area contributed by atoms with Crippen molar-refractivity contribution in [3.8, 4) is 11.5 Å². The molecule has 3 N–H and O–H groups in total. The molecule has 0 aliphatic rings. The number of halogens is 2. The van der Waals surface area contributed by atoms with Gasteiger partial charge >= 0.3 is 0 Å². The molecule has 98 valence electrons. The normalized spacial score (nSPS) is 11.4. The number of nitrogens with zero attached hydrogens (tertiary/aromatic N) is 1. The van der Waals surface area contributed by atoms with Crippen molar-refractivity contribution in [1.82, 2.24) is 0 Å². The maximum Gasteiger partial charge on any atom is 0.175 e. The molecule has 0 heterocycles. The Hall–Kier alpha value is -1.72. The monoisotopic (exact) mass is 340 g/mol. The van der Waals surface area contributed by atoms with Gasteiger partial charge in [0.2, 0.25) is 0 Å². The van der Waals surface area contributed by atoms with Crippen molar-refractivity contribution in [2.45, 2.75) is 0 Å². The Kier molecular flexibility index (Phi) is 4.29. The van der Waals surface area contributed by atoms with Crippen molar-refractivity contribution in [3.63, 3.8) is 0 Å². The van der Waals surface area contributed by atoms with E-state index in [-0.39, 0.29) is 5.84 Å². The van der Waals surface area contributed by atoms with Gasteiger partial charge in [0.1, 0.15) is 11.5 Å². The highest BCUT2D eigenvalue weighted by molar-refractivity contribution is 9.10. The number of nitrogens with two attached hydrogens (primary N) is 1. The molecule has 0 atom stereocenters. The van der Waals surface area contributed by atoms with Crippen LogP contribution in [0.5, 0.6) is 11.5 Å². The van der Waals surface area contributed by atoms with Crippen LogP contribution in [0.3, 0.4) is 0 Å². The first-order valence-electron chi connectivity index (χ1n) is 5.31. The molecule has 0 unspecified atom stereocenters. The Morgan fingerprint density at radius 3 is 2.68 bits per heavy atom. The molecule has 0 aromatic heterocycles. The van der Waals surface area contributed by atoms with Crippen molar-refractivity contribution < 1.29 is 9.94 Å². The van der Waals surface area contributed by atoms with E-state index >= 15 is 0 Å². The molecule has 0 bridgehead atoms. The molecular weight excluding hydrogens is 332 g/mol. The summed E-state index contributed by atoms with van der Waals surface area (Å²) < 4.78 is 6.38. The lowest BCUT2D eigenvalue weighted by Gasteiger charge is -2.11. The predicted molar refractivity (Wildman–Crippen MR) is 78.2 cm³/mol. The van der Waals surface area contributed by atoms with Crippen LogP contribution >= 0.6 is 27.5 Å². The number of rotatable bonds is 3. The van der Waals surface area contributed by atoms with Crippen molar-refractivity contribution in [2.75, 3.05) is 0 Å². The number of hydrogen-bond acceptors (Lipinski definition) is 3. The number of oxime groups is 1. The Balaban J connectivity index is 2.43. The lowest BCUT2D eigenvalue weighted by molar-refractivity contribution is 0.318. The maximum absolute atomic E-state index is 8.81. The van der Waals surface area contributed by atoms with Crippen molar-refractivity contribution in [2.24, 2.45) is 10.9 Å². The summed E-state index contributed by atoms with van der Waals surface area (Å²) in [5.41, 5.74) is 6.12. The molecule has 0 aliphatic heterocycles. The molecule has 0 spiro atoms. The van der Waals surface area contributed by atoms with Crippen LogP contribution in [0.2, 0.25) is 5.02 Å². The van der Waals surface area contributed by atoms with Gasteiger partial charge in [0.25, 0.3) is 0 Å². The Labute approximate surface area is 123 Å². The third-order valence-corrected chi connectivity index (χ3v) is 3.26. The summed E-state index contributed by atoms with van der Waals surface area (Å²) in [7, 11) is 0. The van der Waals surface area contributed by atoms with Crippen molar-refractivity contribution >= 4 is 33.4 Å². The average Bonchev–Trinajstić information content (AvgIpc) is 2.38. The molecule has 2 rings (SSSR count).